The van der Waals surface area contributed by atoms with Gasteiger partial charge in [-0.2, -0.15) is 0 Å². The Bertz CT molecular complexity index is 1230. The Labute approximate surface area is 205 Å². The summed E-state index contributed by atoms with van der Waals surface area (Å²) in [6.07, 6.45) is 1.78. The van der Waals surface area contributed by atoms with E-state index in [1.165, 1.54) is 16.7 Å². The van der Waals surface area contributed by atoms with Crippen molar-refractivity contribution in [1.82, 2.24) is 0 Å². The van der Waals surface area contributed by atoms with E-state index < -0.39 is 0 Å². The van der Waals surface area contributed by atoms with Gasteiger partial charge in [-0.1, -0.05) is 77.5 Å². The van der Waals surface area contributed by atoms with Gasteiger partial charge in [0.15, 0.2) is 15.8 Å². The van der Waals surface area contributed by atoms with Crippen molar-refractivity contribution in [1.29, 1.82) is 0 Å². The van der Waals surface area contributed by atoms with Crippen LogP contribution in [-0.2, 0) is 11.4 Å². The highest BCUT2D eigenvalue weighted by molar-refractivity contribution is 8.27. The van der Waals surface area contributed by atoms with Gasteiger partial charge in [0.05, 0.1) is 17.7 Å². The zero-order valence-corrected chi connectivity index (χ0v) is 20.0. The predicted octanol–water partition coefficient (Wildman–Crippen LogP) is 6.99. The van der Waals surface area contributed by atoms with Gasteiger partial charge in [-0.05, 0) is 48.0 Å². The van der Waals surface area contributed by atoms with E-state index in [0.29, 0.717) is 43.1 Å². The summed E-state index contributed by atoms with van der Waals surface area (Å²) < 4.78 is 11.8. The first-order valence-corrected chi connectivity index (χ1v) is 11.5. The molecule has 0 saturated carbocycles. The number of carbonyl (C=O) groups excluding carboxylic acids is 1. The minimum absolute atomic E-state index is 0.194. The molecule has 0 unspecified atom stereocenters. The van der Waals surface area contributed by atoms with Crippen LogP contribution in [0.15, 0.2) is 71.6 Å². The molecule has 0 atom stereocenters. The van der Waals surface area contributed by atoms with Crippen LogP contribution in [0.5, 0.6) is 11.5 Å². The normalized spacial score (nSPS) is 14.8. The van der Waals surface area contributed by atoms with E-state index in [4.69, 9.17) is 44.9 Å². The summed E-state index contributed by atoms with van der Waals surface area (Å²) in [6, 6.07) is 20.0. The topological polar surface area (TPSA) is 38.8 Å². The van der Waals surface area contributed by atoms with Crippen LogP contribution in [0.1, 0.15) is 11.1 Å². The number of nitrogens with zero attached hydrogens (tertiary/aromatic N) is 1. The minimum Gasteiger partial charge on any atom is -0.493 e. The average molecular weight is 502 g/mol. The molecule has 1 fully saturated rings. The van der Waals surface area contributed by atoms with Gasteiger partial charge in [0.25, 0.3) is 5.91 Å². The zero-order valence-electron chi connectivity index (χ0n) is 16.9. The molecule has 0 radical (unpaired) electrons. The second-order valence-electron chi connectivity index (χ2n) is 6.79. The molecule has 8 heteroatoms. The van der Waals surface area contributed by atoms with Crippen LogP contribution in [0.3, 0.4) is 0 Å². The van der Waals surface area contributed by atoms with Gasteiger partial charge in [-0.3, -0.25) is 9.69 Å². The van der Waals surface area contributed by atoms with Crippen molar-refractivity contribution in [2.24, 2.45) is 0 Å². The first kappa shape index (κ1) is 22.7. The third-order valence-electron chi connectivity index (χ3n) is 4.69. The van der Waals surface area contributed by atoms with Crippen LogP contribution >= 0.6 is 47.2 Å². The average Bonchev–Trinajstić information content (AvgIpc) is 3.06. The lowest BCUT2D eigenvalue weighted by Crippen LogP contribution is -2.27. The van der Waals surface area contributed by atoms with E-state index in [9.17, 15) is 4.79 Å². The Kier molecular flexibility index (Phi) is 7.06. The highest BCUT2D eigenvalue weighted by Crippen LogP contribution is 2.38. The summed E-state index contributed by atoms with van der Waals surface area (Å²) >= 11 is 18.9. The van der Waals surface area contributed by atoms with Crippen LogP contribution in [0.25, 0.3) is 6.08 Å². The van der Waals surface area contributed by atoms with Crippen molar-refractivity contribution in [3.05, 3.63) is 92.8 Å². The molecule has 3 aromatic carbocycles. The van der Waals surface area contributed by atoms with Gasteiger partial charge in [-0.25, -0.2) is 0 Å². The molecule has 0 bridgehead atoms. The van der Waals surface area contributed by atoms with Crippen LogP contribution < -0.4 is 14.4 Å². The van der Waals surface area contributed by atoms with Crippen LogP contribution in [0, 0.1) is 0 Å². The number of carbonyl (C=O) groups is 1. The summed E-state index contributed by atoms with van der Waals surface area (Å²) in [4.78, 5) is 15.0. The predicted molar refractivity (Wildman–Crippen MR) is 136 cm³/mol. The Morgan fingerprint density at radius 2 is 1.84 bits per heavy atom. The number of anilines is 1. The number of halogens is 2. The largest absolute Gasteiger partial charge is 0.493 e. The number of rotatable bonds is 6. The summed E-state index contributed by atoms with van der Waals surface area (Å²) in [6.45, 7) is 0.313. The number of methoxy groups -OCH3 is 1. The van der Waals surface area contributed by atoms with Gasteiger partial charge in [0.2, 0.25) is 0 Å². The molecule has 1 aliphatic rings. The molecule has 1 aliphatic heterocycles. The molecular weight excluding hydrogens is 485 g/mol. The molecule has 4 rings (SSSR count). The van der Waals surface area contributed by atoms with Crippen molar-refractivity contribution in [3.8, 4) is 11.5 Å². The number of benzene rings is 3. The lowest BCUT2D eigenvalue weighted by molar-refractivity contribution is -0.113. The van der Waals surface area contributed by atoms with Gasteiger partial charge < -0.3 is 9.47 Å². The fourth-order valence-corrected chi connectivity index (χ4v) is 4.79. The van der Waals surface area contributed by atoms with Crippen molar-refractivity contribution in [2.75, 3.05) is 12.0 Å². The summed E-state index contributed by atoms with van der Waals surface area (Å²) in [7, 11) is 1.57. The molecule has 32 heavy (non-hydrogen) atoms. The highest BCUT2D eigenvalue weighted by atomic mass is 35.5. The van der Waals surface area contributed by atoms with Gasteiger partial charge in [0.1, 0.15) is 6.61 Å². The standard InChI is InChI=1S/C24H17Cl2NO3S2/c1-29-21-11-15(9-10-20(21)30-14-16-5-2-3-8-19(16)26)12-22-23(28)27(24(31)32-22)18-7-4-6-17(25)13-18/h2-13H,14H2,1H3/b22-12-. The summed E-state index contributed by atoms with van der Waals surface area (Å²) in [5, 5.41) is 1.18. The molecule has 1 amide bonds. The molecule has 0 aliphatic carbocycles. The van der Waals surface area contributed by atoms with Crippen molar-refractivity contribution < 1.29 is 14.3 Å². The third kappa shape index (κ3) is 4.94. The molecule has 4 nitrogen and oxygen atoms in total. The van der Waals surface area contributed by atoms with Gasteiger partial charge in [0, 0.05) is 15.6 Å². The molecule has 1 heterocycles. The quantitative estimate of drug-likeness (QED) is 0.269. The Balaban J connectivity index is 1.54. The Hall–Kier alpha value is -2.51. The van der Waals surface area contributed by atoms with Crippen LogP contribution in [0.2, 0.25) is 10.0 Å². The molecule has 0 spiro atoms. The maximum Gasteiger partial charge on any atom is 0.270 e. The molecule has 0 aromatic heterocycles. The Morgan fingerprint density at radius 1 is 1.03 bits per heavy atom. The van der Waals surface area contributed by atoms with E-state index in [-0.39, 0.29) is 5.91 Å². The lowest BCUT2D eigenvalue weighted by atomic mass is 10.1. The van der Waals surface area contributed by atoms with Crippen molar-refractivity contribution in [2.45, 2.75) is 6.61 Å². The molecular formula is C24H17Cl2NO3S2. The maximum absolute atomic E-state index is 13.0. The zero-order chi connectivity index (χ0) is 22.7. The van der Waals surface area contributed by atoms with Gasteiger partial charge >= 0.3 is 0 Å². The number of ether oxygens (including phenoxy) is 2. The van der Waals surface area contributed by atoms with E-state index in [1.54, 1.807) is 43.5 Å². The second kappa shape index (κ2) is 9.96. The maximum atomic E-state index is 13.0. The van der Waals surface area contributed by atoms with E-state index in [2.05, 4.69) is 0 Å². The number of thioether (sulfide) groups is 1. The smallest absolute Gasteiger partial charge is 0.270 e. The molecule has 1 saturated heterocycles. The number of thiocarbonyl (C=S) groups is 1. The first-order valence-electron chi connectivity index (χ1n) is 9.54. The highest BCUT2D eigenvalue weighted by Gasteiger charge is 2.33. The van der Waals surface area contributed by atoms with Crippen LogP contribution in [-0.4, -0.2) is 17.3 Å². The molecule has 162 valence electrons. The van der Waals surface area contributed by atoms with E-state index in [1.807, 2.05) is 36.4 Å². The fourth-order valence-electron chi connectivity index (χ4n) is 3.12. The minimum atomic E-state index is -0.194. The fraction of sp³-hybridized carbons (Fsp3) is 0.0833. The lowest BCUT2D eigenvalue weighted by Gasteiger charge is -2.14. The van der Waals surface area contributed by atoms with Crippen molar-refractivity contribution in [3.63, 3.8) is 0 Å². The number of hydrogen-bond acceptors (Lipinski definition) is 5. The molecule has 3 aromatic rings. The summed E-state index contributed by atoms with van der Waals surface area (Å²) in [5.41, 5.74) is 2.31. The Morgan fingerprint density at radius 3 is 2.59 bits per heavy atom. The second-order valence-corrected chi connectivity index (χ2v) is 9.31. The van der Waals surface area contributed by atoms with Crippen LogP contribution in [0.4, 0.5) is 5.69 Å². The number of amides is 1. The summed E-state index contributed by atoms with van der Waals surface area (Å²) in [5.74, 6) is 0.937. The SMILES string of the molecule is COc1cc(/C=C2\SC(=S)N(c3cccc(Cl)c3)C2=O)ccc1OCc1ccccc1Cl. The van der Waals surface area contributed by atoms with E-state index >= 15 is 0 Å². The first-order chi connectivity index (χ1) is 15.5. The van der Waals surface area contributed by atoms with Crippen molar-refractivity contribution >= 4 is 69.2 Å². The third-order valence-corrected chi connectivity index (χ3v) is 6.59. The number of hydrogen-bond donors (Lipinski definition) is 0. The monoisotopic (exact) mass is 501 g/mol. The van der Waals surface area contributed by atoms with E-state index in [0.717, 1.165) is 11.1 Å². The van der Waals surface area contributed by atoms with Gasteiger partial charge in [-0.15, -0.1) is 0 Å². The molecule has 0 N–H and O–H groups in total.